The van der Waals surface area contributed by atoms with E-state index in [1.165, 1.54) is 0 Å². The minimum atomic E-state index is -0.118. The van der Waals surface area contributed by atoms with E-state index in [2.05, 4.69) is 15.5 Å². The maximum Gasteiger partial charge on any atom is 0.321 e. The average molecular weight is 300 g/mol. The summed E-state index contributed by atoms with van der Waals surface area (Å²) in [6, 6.07) is 5.87. The first-order valence-corrected chi connectivity index (χ1v) is 6.64. The molecular weight excluding hydrogens is 285 g/mol. The van der Waals surface area contributed by atoms with Crippen molar-refractivity contribution < 1.29 is 4.52 Å². The van der Waals surface area contributed by atoms with Crippen molar-refractivity contribution >= 4 is 29.2 Å². The molecule has 1 aromatic heterocycles. The summed E-state index contributed by atoms with van der Waals surface area (Å²) in [6.07, 6.45) is 0.548. The SMILES string of the molecule is CC(C)(C)Nc1nc(Cc2ccc(Cl)c(Cl)c2)no1. The first-order valence-electron chi connectivity index (χ1n) is 5.88. The molecule has 6 heteroatoms. The molecule has 0 aliphatic heterocycles. The highest BCUT2D eigenvalue weighted by Gasteiger charge is 2.14. The largest absolute Gasteiger partial charge is 0.333 e. The molecule has 0 atom stereocenters. The quantitative estimate of drug-likeness (QED) is 0.924. The molecule has 1 N–H and O–H groups in total. The first kappa shape index (κ1) is 14.2. The smallest absolute Gasteiger partial charge is 0.321 e. The summed E-state index contributed by atoms with van der Waals surface area (Å²) >= 11 is 11.8. The van der Waals surface area contributed by atoms with Crippen LogP contribution >= 0.6 is 23.2 Å². The monoisotopic (exact) mass is 299 g/mol. The molecule has 0 spiro atoms. The summed E-state index contributed by atoms with van der Waals surface area (Å²) in [7, 11) is 0. The van der Waals surface area contributed by atoms with Crippen molar-refractivity contribution in [3.63, 3.8) is 0 Å². The zero-order valence-corrected chi connectivity index (χ0v) is 12.5. The van der Waals surface area contributed by atoms with Crippen molar-refractivity contribution in [1.82, 2.24) is 10.1 Å². The lowest BCUT2D eigenvalue weighted by Gasteiger charge is -2.17. The number of aromatic nitrogens is 2. The number of hydrogen-bond donors (Lipinski definition) is 1. The summed E-state index contributed by atoms with van der Waals surface area (Å²) < 4.78 is 5.14. The predicted molar refractivity (Wildman–Crippen MR) is 76.9 cm³/mol. The fourth-order valence-electron chi connectivity index (χ4n) is 1.53. The molecule has 19 heavy (non-hydrogen) atoms. The second kappa shape index (κ2) is 5.39. The number of nitrogens with zero attached hydrogens (tertiary/aromatic N) is 2. The van der Waals surface area contributed by atoms with Crippen molar-refractivity contribution in [3.8, 4) is 0 Å². The molecule has 0 saturated carbocycles. The lowest BCUT2D eigenvalue weighted by Crippen LogP contribution is -2.26. The van der Waals surface area contributed by atoms with E-state index in [9.17, 15) is 0 Å². The molecule has 1 aromatic carbocycles. The van der Waals surface area contributed by atoms with E-state index in [1.54, 1.807) is 12.1 Å². The van der Waals surface area contributed by atoms with Gasteiger partial charge in [-0.1, -0.05) is 34.4 Å². The average Bonchev–Trinajstić information content (AvgIpc) is 2.68. The molecule has 102 valence electrons. The molecule has 4 nitrogen and oxygen atoms in total. The number of hydrogen-bond acceptors (Lipinski definition) is 4. The van der Waals surface area contributed by atoms with Gasteiger partial charge >= 0.3 is 6.01 Å². The van der Waals surface area contributed by atoms with E-state index >= 15 is 0 Å². The third-order valence-electron chi connectivity index (χ3n) is 2.30. The molecule has 2 rings (SSSR count). The first-order chi connectivity index (χ1) is 8.83. The van der Waals surface area contributed by atoms with Crippen LogP contribution in [-0.4, -0.2) is 15.7 Å². The van der Waals surface area contributed by atoms with Crippen LogP contribution in [0.4, 0.5) is 6.01 Å². The molecule has 0 aliphatic rings. The Hall–Kier alpha value is -1.26. The molecule has 0 unspecified atom stereocenters. The third-order valence-corrected chi connectivity index (χ3v) is 3.04. The minimum Gasteiger partial charge on any atom is -0.333 e. The van der Waals surface area contributed by atoms with Gasteiger partial charge in [0.05, 0.1) is 10.0 Å². The van der Waals surface area contributed by atoms with Crippen LogP contribution in [0, 0.1) is 0 Å². The Morgan fingerprint density at radius 1 is 1.21 bits per heavy atom. The summed E-state index contributed by atoms with van der Waals surface area (Å²) in [5, 5.41) is 8.10. The van der Waals surface area contributed by atoms with Crippen molar-refractivity contribution in [1.29, 1.82) is 0 Å². The van der Waals surface area contributed by atoms with Crippen LogP contribution in [0.1, 0.15) is 32.2 Å². The van der Waals surface area contributed by atoms with Crippen LogP contribution in [0.3, 0.4) is 0 Å². The van der Waals surface area contributed by atoms with Crippen molar-refractivity contribution in [2.24, 2.45) is 0 Å². The van der Waals surface area contributed by atoms with Crippen molar-refractivity contribution in [3.05, 3.63) is 39.6 Å². The molecule has 0 saturated heterocycles. The van der Waals surface area contributed by atoms with Gasteiger partial charge in [-0.2, -0.15) is 4.98 Å². The van der Waals surface area contributed by atoms with Gasteiger partial charge in [0.15, 0.2) is 5.82 Å². The van der Waals surface area contributed by atoms with Gasteiger partial charge in [-0.05, 0) is 38.5 Å². The van der Waals surface area contributed by atoms with E-state index in [-0.39, 0.29) is 5.54 Å². The predicted octanol–water partition coefficient (Wildman–Crippen LogP) is 4.18. The Kier molecular flexibility index (Phi) is 4.02. The lowest BCUT2D eigenvalue weighted by atomic mass is 10.1. The van der Waals surface area contributed by atoms with Gasteiger partial charge < -0.3 is 9.84 Å². The molecule has 0 radical (unpaired) electrons. The number of anilines is 1. The maximum absolute atomic E-state index is 5.96. The fourth-order valence-corrected chi connectivity index (χ4v) is 1.85. The van der Waals surface area contributed by atoms with Gasteiger partial charge in [-0.25, -0.2) is 0 Å². The topological polar surface area (TPSA) is 51.0 Å². The second-order valence-electron chi connectivity index (χ2n) is 5.32. The number of rotatable bonds is 3. The minimum absolute atomic E-state index is 0.118. The molecule has 1 heterocycles. The van der Waals surface area contributed by atoms with Gasteiger partial charge in [0, 0.05) is 12.0 Å². The summed E-state index contributed by atoms with van der Waals surface area (Å²) in [4.78, 5) is 4.28. The highest BCUT2D eigenvalue weighted by molar-refractivity contribution is 6.42. The lowest BCUT2D eigenvalue weighted by molar-refractivity contribution is 0.413. The zero-order valence-electron chi connectivity index (χ0n) is 11.0. The molecular formula is C13H15Cl2N3O. The van der Waals surface area contributed by atoms with E-state index in [4.69, 9.17) is 27.7 Å². The molecule has 0 aliphatic carbocycles. The fraction of sp³-hybridized carbons (Fsp3) is 0.385. The number of benzene rings is 1. The van der Waals surface area contributed by atoms with E-state index in [0.29, 0.717) is 28.3 Å². The highest BCUT2D eigenvalue weighted by atomic mass is 35.5. The highest BCUT2D eigenvalue weighted by Crippen LogP contribution is 2.23. The van der Waals surface area contributed by atoms with E-state index in [1.807, 2.05) is 26.8 Å². The van der Waals surface area contributed by atoms with E-state index < -0.39 is 0 Å². The van der Waals surface area contributed by atoms with Gasteiger partial charge in [-0.15, -0.1) is 0 Å². The maximum atomic E-state index is 5.96. The van der Waals surface area contributed by atoms with Crippen molar-refractivity contribution in [2.45, 2.75) is 32.7 Å². The van der Waals surface area contributed by atoms with Crippen LogP contribution in [0.5, 0.6) is 0 Å². The third kappa shape index (κ3) is 4.11. The van der Waals surface area contributed by atoms with Crippen LogP contribution < -0.4 is 5.32 Å². The van der Waals surface area contributed by atoms with Crippen LogP contribution in [0.2, 0.25) is 10.0 Å². The second-order valence-corrected chi connectivity index (χ2v) is 6.13. The normalized spacial score (nSPS) is 11.6. The molecule has 0 bridgehead atoms. The summed E-state index contributed by atoms with van der Waals surface area (Å²) in [5.74, 6) is 0.602. The van der Waals surface area contributed by atoms with Crippen LogP contribution in [0.15, 0.2) is 22.7 Å². The van der Waals surface area contributed by atoms with Crippen LogP contribution in [0.25, 0.3) is 0 Å². The van der Waals surface area contributed by atoms with E-state index in [0.717, 1.165) is 5.56 Å². The van der Waals surface area contributed by atoms with Gasteiger partial charge in [0.1, 0.15) is 0 Å². The Morgan fingerprint density at radius 2 is 1.95 bits per heavy atom. The molecule has 0 amide bonds. The summed E-state index contributed by atoms with van der Waals surface area (Å²) in [5.41, 5.74) is 0.866. The summed E-state index contributed by atoms with van der Waals surface area (Å²) in [6.45, 7) is 6.07. The Labute approximate surface area is 122 Å². The van der Waals surface area contributed by atoms with Gasteiger partial charge in [0.2, 0.25) is 0 Å². The van der Waals surface area contributed by atoms with Crippen molar-refractivity contribution in [2.75, 3.05) is 5.32 Å². The molecule has 0 fully saturated rings. The zero-order chi connectivity index (χ0) is 14.0. The van der Waals surface area contributed by atoms with Gasteiger partial charge in [0.25, 0.3) is 0 Å². The number of nitrogens with one attached hydrogen (secondary N) is 1. The molecule has 2 aromatic rings. The number of halogens is 2. The van der Waals surface area contributed by atoms with Gasteiger partial charge in [-0.3, -0.25) is 0 Å². The Morgan fingerprint density at radius 3 is 2.58 bits per heavy atom. The standard InChI is InChI=1S/C13H15Cl2N3O/c1-13(2,3)17-12-16-11(18-19-12)7-8-4-5-9(14)10(15)6-8/h4-6H,7H2,1-3H3,(H,16,17,18). The van der Waals surface area contributed by atoms with Crippen LogP contribution in [-0.2, 0) is 6.42 Å². The Balaban J connectivity index is 2.09. The Bertz CT molecular complexity index is 576.